The number of halogens is 1. The van der Waals surface area contributed by atoms with Gasteiger partial charge in [0.1, 0.15) is 0 Å². The molecule has 1 fully saturated rings. The van der Waals surface area contributed by atoms with Crippen LogP contribution in [0.25, 0.3) is 0 Å². The van der Waals surface area contributed by atoms with Crippen molar-refractivity contribution in [2.75, 3.05) is 33.2 Å². The van der Waals surface area contributed by atoms with Crippen molar-refractivity contribution in [3.8, 4) is 0 Å². The van der Waals surface area contributed by atoms with Gasteiger partial charge in [-0.25, -0.2) is 4.72 Å². The van der Waals surface area contributed by atoms with Gasteiger partial charge in [0.15, 0.2) is 0 Å². The molecule has 1 aliphatic heterocycles. The molecule has 0 radical (unpaired) electrons. The van der Waals surface area contributed by atoms with Crippen LogP contribution in [0, 0.1) is 5.92 Å². The topological polar surface area (TPSA) is 61.4 Å². The summed E-state index contributed by atoms with van der Waals surface area (Å²) in [5.74, 6) is 0.624. The van der Waals surface area contributed by atoms with Gasteiger partial charge in [0.25, 0.3) is 10.2 Å². The van der Waals surface area contributed by atoms with Gasteiger partial charge in [-0.2, -0.15) is 12.7 Å². The molecule has 2 N–H and O–H groups in total. The predicted molar refractivity (Wildman–Crippen MR) is 72.7 cm³/mol. The van der Waals surface area contributed by atoms with Crippen LogP contribution >= 0.6 is 12.4 Å². The molecule has 0 aromatic rings. The second-order valence-electron chi connectivity index (χ2n) is 4.37. The molecule has 1 heterocycles. The van der Waals surface area contributed by atoms with Crippen molar-refractivity contribution >= 4 is 22.6 Å². The van der Waals surface area contributed by atoms with Gasteiger partial charge in [0, 0.05) is 20.1 Å². The van der Waals surface area contributed by atoms with E-state index in [9.17, 15) is 8.42 Å². The van der Waals surface area contributed by atoms with Crippen LogP contribution in [-0.4, -0.2) is 45.9 Å². The van der Waals surface area contributed by atoms with Crippen LogP contribution in [0.2, 0.25) is 0 Å². The van der Waals surface area contributed by atoms with Crippen molar-refractivity contribution in [3.63, 3.8) is 0 Å². The highest BCUT2D eigenvalue weighted by Crippen LogP contribution is 2.11. The minimum absolute atomic E-state index is 0. The molecule has 7 heteroatoms. The van der Waals surface area contributed by atoms with E-state index in [0.29, 0.717) is 19.0 Å². The molecule has 0 aliphatic carbocycles. The zero-order chi connectivity index (χ0) is 12.0. The van der Waals surface area contributed by atoms with Gasteiger partial charge >= 0.3 is 0 Å². The first kappa shape index (κ1) is 17.1. The Morgan fingerprint density at radius 3 is 2.71 bits per heavy atom. The van der Waals surface area contributed by atoms with Crippen molar-refractivity contribution in [3.05, 3.63) is 0 Å². The molecule has 1 atom stereocenters. The van der Waals surface area contributed by atoms with Crippen molar-refractivity contribution in [1.82, 2.24) is 14.3 Å². The van der Waals surface area contributed by atoms with E-state index in [-0.39, 0.29) is 12.4 Å². The molecule has 0 bridgehead atoms. The highest BCUT2D eigenvalue weighted by molar-refractivity contribution is 7.87. The largest absolute Gasteiger partial charge is 0.316 e. The molecule has 17 heavy (non-hydrogen) atoms. The highest BCUT2D eigenvalue weighted by Gasteiger charge is 2.18. The van der Waals surface area contributed by atoms with E-state index < -0.39 is 10.2 Å². The Balaban J connectivity index is 0.00000256. The molecule has 0 amide bonds. The van der Waals surface area contributed by atoms with Crippen LogP contribution in [0.15, 0.2) is 0 Å². The second-order valence-corrected chi connectivity index (χ2v) is 6.23. The smallest absolute Gasteiger partial charge is 0.279 e. The SMILES string of the molecule is CCCN(C)S(=O)(=O)NCCC1CCNC1.Cl. The molecular weight excluding hydrogens is 262 g/mol. The van der Waals surface area contributed by atoms with E-state index in [1.54, 1.807) is 7.05 Å². The van der Waals surface area contributed by atoms with Gasteiger partial charge in [-0.3, -0.25) is 0 Å². The monoisotopic (exact) mass is 285 g/mol. The van der Waals surface area contributed by atoms with Crippen LogP contribution in [-0.2, 0) is 10.2 Å². The Kier molecular flexibility index (Phi) is 8.32. The van der Waals surface area contributed by atoms with Crippen LogP contribution in [0.3, 0.4) is 0 Å². The summed E-state index contributed by atoms with van der Waals surface area (Å²) < 4.78 is 27.4. The molecule has 1 saturated heterocycles. The standard InChI is InChI=1S/C10H23N3O2S.ClH/c1-3-8-13(2)16(14,15)12-7-5-10-4-6-11-9-10;/h10-12H,3-9H2,1-2H3;1H. The van der Waals surface area contributed by atoms with E-state index in [4.69, 9.17) is 0 Å². The molecule has 0 saturated carbocycles. The molecule has 1 aliphatic rings. The fourth-order valence-corrected chi connectivity index (χ4v) is 2.92. The summed E-state index contributed by atoms with van der Waals surface area (Å²) in [4.78, 5) is 0. The minimum Gasteiger partial charge on any atom is -0.316 e. The average molecular weight is 286 g/mol. The van der Waals surface area contributed by atoms with Crippen LogP contribution in [0.1, 0.15) is 26.2 Å². The average Bonchev–Trinajstić information content (AvgIpc) is 2.70. The molecule has 0 aromatic carbocycles. The van der Waals surface area contributed by atoms with Gasteiger partial charge in [0.05, 0.1) is 0 Å². The maximum atomic E-state index is 11.7. The van der Waals surface area contributed by atoms with Gasteiger partial charge < -0.3 is 5.32 Å². The van der Waals surface area contributed by atoms with Gasteiger partial charge in [0.2, 0.25) is 0 Å². The summed E-state index contributed by atoms with van der Waals surface area (Å²) >= 11 is 0. The zero-order valence-corrected chi connectivity index (χ0v) is 12.2. The van der Waals surface area contributed by atoms with Crippen molar-refractivity contribution < 1.29 is 8.42 Å². The Bertz CT molecular complexity index is 292. The second kappa shape index (κ2) is 8.26. The molecular formula is C10H24ClN3O2S. The lowest BCUT2D eigenvalue weighted by molar-refractivity contribution is 0.449. The number of rotatable bonds is 7. The fourth-order valence-electron chi connectivity index (χ4n) is 1.90. The molecule has 1 rings (SSSR count). The Labute approximate surface area is 111 Å². The molecule has 1 unspecified atom stereocenters. The van der Waals surface area contributed by atoms with Crippen LogP contribution < -0.4 is 10.0 Å². The van der Waals surface area contributed by atoms with Crippen LogP contribution in [0.5, 0.6) is 0 Å². The van der Waals surface area contributed by atoms with Gasteiger partial charge in [-0.1, -0.05) is 6.92 Å². The number of hydrogen-bond donors (Lipinski definition) is 2. The lowest BCUT2D eigenvalue weighted by Gasteiger charge is -2.17. The summed E-state index contributed by atoms with van der Waals surface area (Å²) in [5.41, 5.74) is 0. The first-order chi connectivity index (χ1) is 7.56. The molecule has 0 aromatic heterocycles. The molecule has 104 valence electrons. The minimum atomic E-state index is -3.25. The summed E-state index contributed by atoms with van der Waals surface area (Å²) in [6, 6.07) is 0. The fraction of sp³-hybridized carbons (Fsp3) is 1.00. The number of nitrogens with one attached hydrogen (secondary N) is 2. The van der Waals surface area contributed by atoms with Crippen molar-refractivity contribution in [2.45, 2.75) is 26.2 Å². The lowest BCUT2D eigenvalue weighted by Crippen LogP contribution is -2.39. The maximum absolute atomic E-state index is 11.7. The van der Waals surface area contributed by atoms with E-state index in [1.807, 2.05) is 6.92 Å². The van der Waals surface area contributed by atoms with E-state index in [0.717, 1.165) is 32.4 Å². The maximum Gasteiger partial charge on any atom is 0.279 e. The number of hydrogen-bond acceptors (Lipinski definition) is 3. The first-order valence-electron chi connectivity index (χ1n) is 5.98. The summed E-state index contributed by atoms with van der Waals surface area (Å²) in [6.07, 6.45) is 2.92. The third-order valence-corrected chi connectivity index (χ3v) is 4.52. The van der Waals surface area contributed by atoms with E-state index in [1.165, 1.54) is 4.31 Å². The Morgan fingerprint density at radius 1 is 1.47 bits per heavy atom. The zero-order valence-electron chi connectivity index (χ0n) is 10.6. The van der Waals surface area contributed by atoms with Crippen molar-refractivity contribution in [2.24, 2.45) is 5.92 Å². The third-order valence-electron chi connectivity index (χ3n) is 2.95. The van der Waals surface area contributed by atoms with Crippen LogP contribution in [0.4, 0.5) is 0 Å². The van der Waals surface area contributed by atoms with E-state index >= 15 is 0 Å². The first-order valence-corrected chi connectivity index (χ1v) is 7.42. The summed E-state index contributed by atoms with van der Waals surface area (Å²) in [5, 5.41) is 3.28. The lowest BCUT2D eigenvalue weighted by atomic mass is 10.1. The Morgan fingerprint density at radius 2 is 2.18 bits per heavy atom. The number of nitrogens with zero attached hydrogens (tertiary/aromatic N) is 1. The molecule has 0 spiro atoms. The third kappa shape index (κ3) is 6.01. The quantitative estimate of drug-likeness (QED) is 0.719. The van der Waals surface area contributed by atoms with Crippen molar-refractivity contribution in [1.29, 1.82) is 0 Å². The summed E-state index contributed by atoms with van der Waals surface area (Å²) in [6.45, 7) is 5.17. The van der Waals surface area contributed by atoms with Gasteiger partial charge in [-0.15, -0.1) is 12.4 Å². The predicted octanol–water partition coefficient (Wildman–Crippen LogP) is 0.584. The van der Waals surface area contributed by atoms with Gasteiger partial charge in [-0.05, 0) is 38.3 Å². The normalized spacial score (nSPS) is 20.5. The Hall–Kier alpha value is 0.120. The van der Waals surface area contributed by atoms with E-state index in [2.05, 4.69) is 10.0 Å². The highest BCUT2D eigenvalue weighted by atomic mass is 35.5. The summed E-state index contributed by atoms with van der Waals surface area (Å²) in [7, 11) is -1.64. The molecule has 5 nitrogen and oxygen atoms in total.